The summed E-state index contributed by atoms with van der Waals surface area (Å²) in [5, 5.41) is 10.1. The molecule has 4 aliphatic carbocycles. The minimum absolute atomic E-state index is 0.0278. The molecule has 1 spiro atoms. The van der Waals surface area contributed by atoms with Gasteiger partial charge in [0.05, 0.1) is 5.41 Å². The molecule has 29 heavy (non-hydrogen) atoms. The third kappa shape index (κ3) is 2.63. The molecular formula is C25H36O4. The third-order valence-electron chi connectivity index (χ3n) is 9.59. The van der Waals surface area contributed by atoms with Gasteiger partial charge in [-0.3, -0.25) is 4.79 Å². The Hall–Kier alpha value is -1.58. The normalized spacial score (nSPS) is 48.6. The number of rotatable bonds is 3. The Morgan fingerprint density at radius 3 is 2.38 bits per heavy atom. The third-order valence-corrected chi connectivity index (χ3v) is 9.59. The molecule has 0 saturated heterocycles. The van der Waals surface area contributed by atoms with E-state index in [1.807, 2.05) is 26.8 Å². The van der Waals surface area contributed by atoms with E-state index in [0.717, 1.165) is 44.9 Å². The average Bonchev–Trinajstić information content (AvgIpc) is 2.83. The number of ether oxygens (including phenoxy) is 1. The zero-order valence-electron chi connectivity index (χ0n) is 18.6. The van der Waals surface area contributed by atoms with Gasteiger partial charge in [0.15, 0.2) is 0 Å². The summed E-state index contributed by atoms with van der Waals surface area (Å²) in [6.45, 7) is 10.2. The molecule has 0 unspecified atom stereocenters. The van der Waals surface area contributed by atoms with Gasteiger partial charge in [-0.25, -0.2) is 4.79 Å². The van der Waals surface area contributed by atoms with Crippen molar-refractivity contribution in [2.24, 2.45) is 33.5 Å². The van der Waals surface area contributed by atoms with Crippen LogP contribution in [-0.4, -0.2) is 23.1 Å². The molecule has 0 radical (unpaired) electrons. The van der Waals surface area contributed by atoms with Crippen molar-refractivity contribution in [1.82, 2.24) is 0 Å². The molecular weight excluding hydrogens is 364 g/mol. The van der Waals surface area contributed by atoms with E-state index in [2.05, 4.69) is 26.0 Å². The first-order chi connectivity index (χ1) is 13.5. The van der Waals surface area contributed by atoms with Crippen molar-refractivity contribution in [2.45, 2.75) is 85.7 Å². The molecule has 7 atom stereocenters. The number of carboxylic acids is 1. The second-order valence-corrected chi connectivity index (χ2v) is 11.0. The summed E-state index contributed by atoms with van der Waals surface area (Å²) in [4.78, 5) is 25.0. The Balaban J connectivity index is 1.74. The van der Waals surface area contributed by atoms with Crippen LogP contribution in [0, 0.1) is 33.5 Å². The number of aliphatic carboxylic acids is 1. The second kappa shape index (κ2) is 6.46. The summed E-state index contributed by atoms with van der Waals surface area (Å²) in [6.07, 6.45) is 13.0. The minimum atomic E-state index is -0.647. The summed E-state index contributed by atoms with van der Waals surface area (Å²) in [5.74, 6) is -0.301. The first-order valence-corrected chi connectivity index (χ1v) is 11.3. The Kier molecular flexibility index (Phi) is 4.61. The molecule has 1 N–H and O–H groups in total. The first kappa shape index (κ1) is 20.7. The van der Waals surface area contributed by atoms with Gasteiger partial charge in [0.25, 0.3) is 0 Å². The zero-order chi connectivity index (χ0) is 21.2. The van der Waals surface area contributed by atoms with Crippen LogP contribution in [0.3, 0.4) is 0 Å². The van der Waals surface area contributed by atoms with E-state index < -0.39 is 11.4 Å². The zero-order valence-corrected chi connectivity index (χ0v) is 18.6. The maximum atomic E-state index is 12.7. The standard InChI is InChI=1S/C25H36O4/c1-6-16(2)19(26)29-20-22(3)12-8-18-23(4)10-7-11-24(5,21(27)28)17(23)9-13-25(18,20)15-14-22/h6,14-15,17-18,20H,7-13H2,1-5H3,(H,27,28)/b16-6-/t17-,18-,20-,22+,23+,24+,25+/m0/s1. The van der Waals surface area contributed by atoms with Gasteiger partial charge in [0.1, 0.15) is 6.10 Å². The van der Waals surface area contributed by atoms with Crippen LogP contribution in [0.5, 0.6) is 0 Å². The summed E-state index contributed by atoms with van der Waals surface area (Å²) in [5.41, 5.74) is -0.291. The van der Waals surface area contributed by atoms with Crippen LogP contribution in [0.1, 0.15) is 79.6 Å². The van der Waals surface area contributed by atoms with Crippen LogP contribution < -0.4 is 0 Å². The van der Waals surface area contributed by atoms with E-state index in [1.54, 1.807) is 0 Å². The smallest absolute Gasteiger partial charge is 0.333 e. The molecule has 0 aromatic heterocycles. The van der Waals surface area contributed by atoms with Gasteiger partial charge < -0.3 is 9.84 Å². The van der Waals surface area contributed by atoms with Crippen LogP contribution in [-0.2, 0) is 14.3 Å². The Bertz CT molecular complexity index is 797. The lowest BCUT2D eigenvalue weighted by Gasteiger charge is -2.65. The van der Waals surface area contributed by atoms with Crippen molar-refractivity contribution in [3.05, 3.63) is 23.8 Å². The average molecular weight is 401 g/mol. The highest BCUT2D eigenvalue weighted by Crippen LogP contribution is 2.72. The number of fused-ring (bicyclic) bond motifs is 3. The molecule has 4 nitrogen and oxygen atoms in total. The molecule has 4 aliphatic rings. The molecule has 0 aromatic carbocycles. The van der Waals surface area contributed by atoms with Crippen molar-refractivity contribution in [3.8, 4) is 0 Å². The predicted molar refractivity (Wildman–Crippen MR) is 112 cm³/mol. The maximum Gasteiger partial charge on any atom is 0.333 e. The number of carbonyl (C=O) groups excluding carboxylic acids is 1. The highest BCUT2D eigenvalue weighted by atomic mass is 16.5. The molecule has 0 heterocycles. The van der Waals surface area contributed by atoms with Crippen molar-refractivity contribution in [2.75, 3.05) is 0 Å². The van der Waals surface area contributed by atoms with Gasteiger partial charge in [-0.1, -0.05) is 38.5 Å². The van der Waals surface area contributed by atoms with Crippen molar-refractivity contribution < 1.29 is 19.4 Å². The highest BCUT2D eigenvalue weighted by Gasteiger charge is 2.69. The topological polar surface area (TPSA) is 63.6 Å². The van der Waals surface area contributed by atoms with Crippen molar-refractivity contribution >= 4 is 11.9 Å². The second-order valence-electron chi connectivity index (χ2n) is 11.0. The summed E-state index contributed by atoms with van der Waals surface area (Å²) >= 11 is 0. The van der Waals surface area contributed by atoms with Gasteiger partial charge in [-0.2, -0.15) is 0 Å². The van der Waals surface area contributed by atoms with E-state index in [0.29, 0.717) is 11.5 Å². The summed E-state index contributed by atoms with van der Waals surface area (Å²) < 4.78 is 6.23. The van der Waals surface area contributed by atoms with E-state index in [1.165, 1.54) is 0 Å². The molecule has 4 rings (SSSR count). The number of carbonyl (C=O) groups is 2. The molecule has 0 aliphatic heterocycles. The molecule has 160 valence electrons. The van der Waals surface area contributed by atoms with Gasteiger partial charge in [0, 0.05) is 16.4 Å². The molecule has 4 heteroatoms. The van der Waals surface area contributed by atoms with Crippen molar-refractivity contribution in [1.29, 1.82) is 0 Å². The highest BCUT2D eigenvalue weighted by molar-refractivity contribution is 5.88. The SMILES string of the molecule is C/C=C(/C)C(=O)O[C@@H]1[C@]23C=C[C@@]1(C)CC[C@H]2[C@]1(C)CCC[C@@](C)(C(=O)O)[C@H]1CC3. The first-order valence-electron chi connectivity index (χ1n) is 11.3. The Morgan fingerprint density at radius 1 is 1.03 bits per heavy atom. The predicted octanol–water partition coefficient (Wildman–Crippen LogP) is 5.53. The molecule has 2 bridgehead atoms. The van der Waals surface area contributed by atoms with Crippen LogP contribution >= 0.6 is 0 Å². The number of hydrogen-bond acceptors (Lipinski definition) is 3. The van der Waals surface area contributed by atoms with E-state index in [9.17, 15) is 14.7 Å². The van der Waals surface area contributed by atoms with Crippen molar-refractivity contribution in [3.63, 3.8) is 0 Å². The lowest BCUT2D eigenvalue weighted by molar-refractivity contribution is -0.208. The van der Waals surface area contributed by atoms with E-state index >= 15 is 0 Å². The molecule has 0 aromatic rings. The van der Waals surface area contributed by atoms with Crippen LogP contribution in [0.15, 0.2) is 23.8 Å². The lowest BCUT2D eigenvalue weighted by Crippen LogP contribution is -2.63. The molecule has 3 saturated carbocycles. The van der Waals surface area contributed by atoms with Crippen LogP contribution in [0.4, 0.5) is 0 Å². The summed E-state index contributed by atoms with van der Waals surface area (Å²) in [7, 11) is 0. The fourth-order valence-corrected chi connectivity index (χ4v) is 7.89. The Morgan fingerprint density at radius 2 is 1.72 bits per heavy atom. The van der Waals surface area contributed by atoms with Crippen LogP contribution in [0.25, 0.3) is 0 Å². The fraction of sp³-hybridized carbons (Fsp3) is 0.760. The van der Waals surface area contributed by atoms with E-state index in [-0.39, 0.29) is 34.2 Å². The number of esters is 1. The number of hydrogen-bond donors (Lipinski definition) is 1. The van der Waals surface area contributed by atoms with Gasteiger partial charge in [-0.15, -0.1) is 0 Å². The fourth-order valence-electron chi connectivity index (χ4n) is 7.89. The maximum absolute atomic E-state index is 12.7. The minimum Gasteiger partial charge on any atom is -0.481 e. The quantitative estimate of drug-likeness (QED) is 0.384. The summed E-state index contributed by atoms with van der Waals surface area (Å²) in [6, 6.07) is 0. The van der Waals surface area contributed by atoms with Crippen LogP contribution in [0.2, 0.25) is 0 Å². The Labute approximate surface area is 174 Å². The number of allylic oxidation sites excluding steroid dienone is 1. The lowest BCUT2D eigenvalue weighted by atomic mass is 9.39. The monoisotopic (exact) mass is 400 g/mol. The van der Waals surface area contributed by atoms with Gasteiger partial charge in [0.2, 0.25) is 0 Å². The molecule has 3 fully saturated rings. The number of carboxylic acid groups (broad SMARTS) is 1. The largest absolute Gasteiger partial charge is 0.481 e. The molecule has 0 amide bonds. The van der Waals surface area contributed by atoms with E-state index in [4.69, 9.17) is 4.74 Å². The van der Waals surface area contributed by atoms with Gasteiger partial charge in [-0.05, 0) is 76.5 Å². The van der Waals surface area contributed by atoms with Gasteiger partial charge >= 0.3 is 11.9 Å².